The minimum Gasteiger partial charge on any atom is -0.480 e. The van der Waals surface area contributed by atoms with E-state index in [0.717, 1.165) is 37.3 Å². The van der Waals surface area contributed by atoms with Crippen molar-refractivity contribution in [1.29, 1.82) is 0 Å². The van der Waals surface area contributed by atoms with Crippen molar-refractivity contribution in [3.05, 3.63) is 17.5 Å². The van der Waals surface area contributed by atoms with Crippen LogP contribution in [-0.4, -0.2) is 51.9 Å². The van der Waals surface area contributed by atoms with E-state index in [2.05, 4.69) is 29.2 Å². The van der Waals surface area contributed by atoms with Crippen molar-refractivity contribution in [1.82, 2.24) is 20.0 Å². The summed E-state index contributed by atoms with van der Waals surface area (Å²) in [6.07, 6.45) is 2.53. The third-order valence-electron chi connectivity index (χ3n) is 3.50. The van der Waals surface area contributed by atoms with Gasteiger partial charge in [0.15, 0.2) is 0 Å². The monoisotopic (exact) mass is 282 g/mol. The molecule has 0 aliphatic rings. The Hall–Kier alpha value is -1.40. The molecule has 2 N–H and O–H groups in total. The van der Waals surface area contributed by atoms with Crippen LogP contribution in [0.15, 0.2) is 6.20 Å². The molecule has 0 aliphatic carbocycles. The molecule has 0 aliphatic heterocycles. The van der Waals surface area contributed by atoms with Gasteiger partial charge in [0.25, 0.3) is 0 Å². The molecule has 20 heavy (non-hydrogen) atoms. The van der Waals surface area contributed by atoms with Gasteiger partial charge in [-0.1, -0.05) is 20.8 Å². The van der Waals surface area contributed by atoms with Crippen molar-refractivity contribution in [2.24, 2.45) is 7.05 Å². The number of aliphatic carboxylic acids is 1. The van der Waals surface area contributed by atoms with Gasteiger partial charge in [0, 0.05) is 31.9 Å². The third kappa shape index (κ3) is 4.31. The predicted molar refractivity (Wildman–Crippen MR) is 78.8 cm³/mol. The summed E-state index contributed by atoms with van der Waals surface area (Å²) in [7, 11) is 1.82. The molecule has 1 rings (SSSR count). The van der Waals surface area contributed by atoms with E-state index in [1.807, 2.05) is 14.0 Å². The molecule has 0 fully saturated rings. The highest BCUT2D eigenvalue weighted by Crippen LogP contribution is 2.17. The zero-order valence-corrected chi connectivity index (χ0v) is 12.9. The topological polar surface area (TPSA) is 70.4 Å². The summed E-state index contributed by atoms with van der Waals surface area (Å²) in [6.45, 7) is 9.64. The Morgan fingerprint density at radius 2 is 2.10 bits per heavy atom. The van der Waals surface area contributed by atoms with Crippen LogP contribution in [0.4, 0.5) is 0 Å². The molecule has 1 atom stereocenters. The molecule has 114 valence electrons. The second-order valence-electron chi connectivity index (χ2n) is 4.81. The molecule has 0 saturated heterocycles. The van der Waals surface area contributed by atoms with Gasteiger partial charge in [-0.05, 0) is 19.5 Å². The van der Waals surface area contributed by atoms with Crippen LogP contribution in [-0.2, 0) is 18.3 Å². The van der Waals surface area contributed by atoms with Gasteiger partial charge in [-0.3, -0.25) is 14.8 Å². The number of hydrogen-bond donors (Lipinski definition) is 2. The Balaban J connectivity index is 2.72. The molecule has 1 heterocycles. The van der Waals surface area contributed by atoms with Gasteiger partial charge in [-0.25, -0.2) is 0 Å². The van der Waals surface area contributed by atoms with E-state index in [-0.39, 0.29) is 0 Å². The lowest BCUT2D eigenvalue weighted by atomic mass is 10.1. The average molecular weight is 282 g/mol. The number of aryl methyl sites for hydroxylation is 2. The molecule has 0 spiro atoms. The fourth-order valence-electron chi connectivity index (χ4n) is 2.31. The van der Waals surface area contributed by atoms with Gasteiger partial charge in [-0.15, -0.1) is 0 Å². The van der Waals surface area contributed by atoms with Crippen molar-refractivity contribution in [2.45, 2.75) is 33.2 Å². The first kappa shape index (κ1) is 16.7. The first-order chi connectivity index (χ1) is 9.53. The van der Waals surface area contributed by atoms with Crippen molar-refractivity contribution in [2.75, 3.05) is 26.2 Å². The Labute approximate surface area is 120 Å². The van der Waals surface area contributed by atoms with E-state index < -0.39 is 12.0 Å². The van der Waals surface area contributed by atoms with Gasteiger partial charge in [0.05, 0.1) is 5.69 Å². The summed E-state index contributed by atoms with van der Waals surface area (Å²) in [4.78, 5) is 13.7. The molecule has 0 bridgehead atoms. The maximum absolute atomic E-state index is 11.5. The van der Waals surface area contributed by atoms with Crippen LogP contribution in [0, 0.1) is 0 Å². The van der Waals surface area contributed by atoms with Crippen LogP contribution in [0.5, 0.6) is 0 Å². The Bertz CT molecular complexity index is 427. The number of likely N-dealkylation sites (N-methyl/N-ethyl adjacent to an activating group) is 1. The van der Waals surface area contributed by atoms with Crippen LogP contribution in [0.2, 0.25) is 0 Å². The fraction of sp³-hybridized carbons (Fsp3) is 0.714. The summed E-state index contributed by atoms with van der Waals surface area (Å²) in [5, 5.41) is 16.9. The number of aromatic nitrogens is 2. The fourth-order valence-corrected chi connectivity index (χ4v) is 2.31. The minimum atomic E-state index is -0.854. The average Bonchev–Trinajstić information content (AvgIpc) is 2.79. The minimum absolute atomic E-state index is 0.649. The van der Waals surface area contributed by atoms with E-state index in [1.165, 1.54) is 0 Å². The van der Waals surface area contributed by atoms with Crippen molar-refractivity contribution in [3.63, 3.8) is 0 Å². The number of hydrogen-bond acceptors (Lipinski definition) is 4. The normalized spacial score (nSPS) is 12.8. The Morgan fingerprint density at radius 1 is 1.45 bits per heavy atom. The Kier molecular flexibility index (Phi) is 6.67. The molecular weight excluding hydrogens is 256 g/mol. The van der Waals surface area contributed by atoms with Gasteiger partial charge in [-0.2, -0.15) is 5.10 Å². The number of nitrogens with zero attached hydrogens (tertiary/aromatic N) is 3. The predicted octanol–water partition coefficient (Wildman–Crippen LogP) is 1.04. The Morgan fingerprint density at radius 3 is 2.60 bits per heavy atom. The molecule has 0 radical (unpaired) electrons. The van der Waals surface area contributed by atoms with Gasteiger partial charge < -0.3 is 10.0 Å². The second-order valence-corrected chi connectivity index (χ2v) is 4.81. The largest absolute Gasteiger partial charge is 0.480 e. The third-order valence-corrected chi connectivity index (χ3v) is 3.50. The van der Waals surface area contributed by atoms with Gasteiger partial charge >= 0.3 is 5.97 Å². The number of carboxylic acids is 1. The van der Waals surface area contributed by atoms with Crippen LogP contribution in [0.1, 0.15) is 38.1 Å². The lowest BCUT2D eigenvalue weighted by molar-refractivity contribution is -0.139. The molecule has 0 aromatic carbocycles. The van der Waals surface area contributed by atoms with Gasteiger partial charge in [0.1, 0.15) is 6.04 Å². The highest BCUT2D eigenvalue weighted by atomic mass is 16.4. The first-order valence-corrected chi connectivity index (χ1v) is 7.24. The van der Waals surface area contributed by atoms with E-state index >= 15 is 0 Å². The number of rotatable bonds is 9. The molecule has 1 aromatic rings. The molecule has 0 amide bonds. The molecule has 1 unspecified atom stereocenters. The smallest absolute Gasteiger partial charge is 0.325 e. The first-order valence-electron chi connectivity index (χ1n) is 7.24. The zero-order chi connectivity index (χ0) is 15.1. The maximum Gasteiger partial charge on any atom is 0.325 e. The van der Waals surface area contributed by atoms with Crippen molar-refractivity contribution in [3.8, 4) is 0 Å². The van der Waals surface area contributed by atoms with Gasteiger partial charge in [0.2, 0.25) is 0 Å². The molecule has 0 saturated carbocycles. The second kappa shape index (κ2) is 8.01. The van der Waals surface area contributed by atoms with Crippen LogP contribution < -0.4 is 5.32 Å². The van der Waals surface area contributed by atoms with E-state index in [9.17, 15) is 9.90 Å². The number of nitrogens with one attached hydrogen (secondary N) is 1. The van der Waals surface area contributed by atoms with Crippen molar-refractivity contribution < 1.29 is 9.90 Å². The van der Waals surface area contributed by atoms with E-state index in [4.69, 9.17) is 0 Å². The van der Waals surface area contributed by atoms with Crippen LogP contribution in [0.25, 0.3) is 0 Å². The van der Waals surface area contributed by atoms with Crippen molar-refractivity contribution >= 4 is 5.97 Å². The quantitative estimate of drug-likeness (QED) is 0.708. The lowest BCUT2D eigenvalue weighted by Gasteiger charge is -2.20. The molecule has 1 aromatic heterocycles. The van der Waals surface area contributed by atoms with E-state index in [0.29, 0.717) is 6.54 Å². The zero-order valence-electron chi connectivity index (χ0n) is 12.9. The van der Waals surface area contributed by atoms with Crippen LogP contribution >= 0.6 is 0 Å². The summed E-state index contributed by atoms with van der Waals surface area (Å²) >= 11 is 0. The summed E-state index contributed by atoms with van der Waals surface area (Å²) in [5.74, 6) is -0.854. The maximum atomic E-state index is 11.5. The highest BCUT2D eigenvalue weighted by Gasteiger charge is 2.24. The molecule has 6 nitrogen and oxygen atoms in total. The molecular formula is C14H26N4O2. The summed E-state index contributed by atoms with van der Waals surface area (Å²) in [5.41, 5.74) is 1.61. The SMILES string of the molecule is CCc1nn(C)cc1C(NCCN(CC)CC)C(=O)O. The summed E-state index contributed by atoms with van der Waals surface area (Å²) < 4.78 is 1.68. The summed E-state index contributed by atoms with van der Waals surface area (Å²) in [6, 6.07) is -0.686. The molecule has 6 heteroatoms. The number of carboxylic acid groups (broad SMARTS) is 1. The van der Waals surface area contributed by atoms with E-state index in [1.54, 1.807) is 10.9 Å². The lowest BCUT2D eigenvalue weighted by Crippen LogP contribution is -2.36. The standard InChI is InChI=1S/C14H26N4O2/c1-5-12-11(10-17(4)16-12)13(14(19)20)15-8-9-18(6-2)7-3/h10,13,15H,5-9H2,1-4H3,(H,19,20). The highest BCUT2D eigenvalue weighted by molar-refractivity contribution is 5.75. The number of carbonyl (C=O) groups is 1. The van der Waals surface area contributed by atoms with Crippen LogP contribution in [0.3, 0.4) is 0 Å².